The number of nitrogens with zero attached hydrogens (tertiary/aromatic N) is 3. The van der Waals surface area contributed by atoms with Crippen LogP contribution in [-0.2, 0) is 32.3 Å². The molecule has 33 heavy (non-hydrogen) atoms. The van der Waals surface area contributed by atoms with Crippen molar-refractivity contribution in [2.75, 3.05) is 7.11 Å². The van der Waals surface area contributed by atoms with Gasteiger partial charge in [-0.05, 0) is 19.4 Å². The number of hydrogen-bond donors (Lipinski definition) is 2. The lowest BCUT2D eigenvalue weighted by Crippen LogP contribution is -2.39. The number of rotatable bonds is 9. The summed E-state index contributed by atoms with van der Waals surface area (Å²) in [5, 5.41) is 21.4. The summed E-state index contributed by atoms with van der Waals surface area (Å²) in [4.78, 5) is 19.7. The Morgan fingerprint density at radius 1 is 1.18 bits per heavy atom. The van der Waals surface area contributed by atoms with E-state index in [9.17, 15) is 15.0 Å². The predicted octanol–water partition coefficient (Wildman–Crippen LogP) is 1.73. The van der Waals surface area contributed by atoms with Crippen LogP contribution in [-0.4, -0.2) is 62.2 Å². The van der Waals surface area contributed by atoms with Crippen LogP contribution in [0.2, 0.25) is 0 Å². The van der Waals surface area contributed by atoms with Crippen LogP contribution < -0.4 is 4.74 Å². The molecule has 1 aliphatic rings. The highest BCUT2D eigenvalue weighted by Crippen LogP contribution is 2.39. The molecule has 10 nitrogen and oxygen atoms in total. The van der Waals surface area contributed by atoms with E-state index in [-0.39, 0.29) is 6.73 Å². The smallest absolute Gasteiger partial charge is 0.241 e. The summed E-state index contributed by atoms with van der Waals surface area (Å²) in [6.45, 7) is 3.83. The van der Waals surface area contributed by atoms with E-state index in [0.29, 0.717) is 35.4 Å². The number of benzene rings is 1. The van der Waals surface area contributed by atoms with Gasteiger partial charge in [0.1, 0.15) is 48.5 Å². The first-order valence-electron chi connectivity index (χ1n) is 10.5. The Balaban J connectivity index is 1.66. The molecule has 2 N–H and O–H groups in total. The molecule has 0 radical (unpaired) electrons. The van der Waals surface area contributed by atoms with Crippen molar-refractivity contribution < 1.29 is 34.0 Å². The highest BCUT2D eigenvalue weighted by molar-refractivity contribution is 5.84. The molecule has 176 valence electrons. The lowest BCUT2D eigenvalue weighted by molar-refractivity contribution is -0.161. The van der Waals surface area contributed by atoms with Gasteiger partial charge in [-0.2, -0.15) is 4.98 Å². The summed E-state index contributed by atoms with van der Waals surface area (Å²) >= 11 is 0. The molecule has 0 spiro atoms. The molecule has 4 rings (SSSR count). The minimum atomic E-state index is -1.46. The largest absolute Gasteiger partial charge is 0.479 e. The highest BCUT2D eigenvalue weighted by Gasteiger charge is 2.49. The van der Waals surface area contributed by atoms with Crippen LogP contribution in [0.3, 0.4) is 0 Å². The first-order chi connectivity index (χ1) is 15.8. The third-order valence-electron chi connectivity index (χ3n) is 5.45. The van der Waals surface area contributed by atoms with Crippen molar-refractivity contribution in [1.29, 1.82) is 0 Å². The molecule has 1 fully saturated rings. The first kappa shape index (κ1) is 23.3. The normalized spacial score (nSPS) is 21.7. The molecular weight excluding hydrogens is 430 g/mol. The Labute approximate surface area is 190 Å². The number of aromatic nitrogens is 3. The molecule has 10 heteroatoms. The Bertz CT molecular complexity index is 1100. The monoisotopic (exact) mass is 457 g/mol. The van der Waals surface area contributed by atoms with Crippen LogP contribution in [0.15, 0.2) is 42.9 Å². The number of methoxy groups -OCH3 is 1. The topological polar surface area (TPSA) is 125 Å². The van der Waals surface area contributed by atoms with Crippen LogP contribution in [0, 0.1) is 0 Å². The second-order valence-corrected chi connectivity index (χ2v) is 8.23. The van der Waals surface area contributed by atoms with Gasteiger partial charge < -0.3 is 38.5 Å². The van der Waals surface area contributed by atoms with Gasteiger partial charge >= 0.3 is 0 Å². The zero-order valence-electron chi connectivity index (χ0n) is 18.6. The van der Waals surface area contributed by atoms with Crippen molar-refractivity contribution >= 4 is 17.3 Å². The molecule has 3 heterocycles. The average molecular weight is 457 g/mol. The fraction of sp³-hybridized carbons (Fsp3) is 0.435. The van der Waals surface area contributed by atoms with Crippen molar-refractivity contribution in [3.63, 3.8) is 0 Å². The van der Waals surface area contributed by atoms with Crippen molar-refractivity contribution in [2.24, 2.45) is 0 Å². The number of aldehydes is 1. The molecule has 0 bridgehead atoms. The molecule has 1 aromatic carbocycles. The molecule has 0 amide bonds. The summed E-state index contributed by atoms with van der Waals surface area (Å²) in [6, 6.07) is 9.73. The Hall–Kier alpha value is -2.89. The zero-order valence-corrected chi connectivity index (χ0v) is 18.6. The van der Waals surface area contributed by atoms with E-state index in [2.05, 4.69) is 9.97 Å². The minimum Gasteiger partial charge on any atom is -0.479 e. The van der Waals surface area contributed by atoms with Crippen LogP contribution in [0.25, 0.3) is 11.0 Å². The Morgan fingerprint density at radius 3 is 2.61 bits per heavy atom. The second kappa shape index (κ2) is 9.54. The maximum Gasteiger partial charge on any atom is 0.241 e. The second-order valence-electron chi connectivity index (χ2n) is 8.23. The maximum absolute atomic E-state index is 11.3. The highest BCUT2D eigenvalue weighted by atomic mass is 16.8. The third kappa shape index (κ3) is 4.75. The van der Waals surface area contributed by atoms with Crippen molar-refractivity contribution in [3.8, 4) is 5.88 Å². The first-order valence-corrected chi connectivity index (χ1v) is 10.5. The van der Waals surface area contributed by atoms with E-state index < -0.39 is 30.2 Å². The number of fused-ring (bicyclic) bond motifs is 1. The van der Waals surface area contributed by atoms with E-state index in [0.717, 1.165) is 5.56 Å². The summed E-state index contributed by atoms with van der Waals surface area (Å²) < 4.78 is 24.5. The Kier molecular flexibility index (Phi) is 6.73. The summed E-state index contributed by atoms with van der Waals surface area (Å²) in [6.07, 6.45) is -1.41. The number of carbonyl (C=O) groups excluding carboxylic acids is 1. The number of aliphatic hydroxyl groups excluding tert-OH is 2. The van der Waals surface area contributed by atoms with E-state index >= 15 is 0 Å². The minimum absolute atomic E-state index is 0.149. The van der Waals surface area contributed by atoms with E-state index in [4.69, 9.17) is 18.9 Å². The van der Waals surface area contributed by atoms with Gasteiger partial charge in [-0.1, -0.05) is 30.3 Å². The lowest BCUT2D eigenvalue weighted by atomic mass is 9.99. The van der Waals surface area contributed by atoms with Gasteiger partial charge in [-0.25, -0.2) is 4.98 Å². The fourth-order valence-corrected chi connectivity index (χ4v) is 4.01. The molecule has 2 unspecified atom stereocenters. The number of aliphatic hydroxyl groups is 2. The lowest BCUT2D eigenvalue weighted by Gasteiger charge is -2.23. The quantitative estimate of drug-likeness (QED) is 0.462. The summed E-state index contributed by atoms with van der Waals surface area (Å²) in [5.41, 5.74) is 2.39. The van der Waals surface area contributed by atoms with Gasteiger partial charge in [-0.15, -0.1) is 0 Å². The van der Waals surface area contributed by atoms with Crippen molar-refractivity contribution in [1.82, 2.24) is 14.5 Å². The average Bonchev–Trinajstić information content (AvgIpc) is 3.36. The van der Waals surface area contributed by atoms with E-state index in [1.54, 1.807) is 24.6 Å². The van der Waals surface area contributed by atoms with E-state index in [1.165, 1.54) is 13.4 Å². The molecule has 0 saturated carbocycles. The predicted molar refractivity (Wildman–Crippen MR) is 116 cm³/mol. The molecule has 2 aromatic heterocycles. The van der Waals surface area contributed by atoms with Crippen LogP contribution in [0.1, 0.15) is 31.1 Å². The van der Waals surface area contributed by atoms with Crippen LogP contribution >= 0.6 is 0 Å². The van der Waals surface area contributed by atoms with Crippen LogP contribution in [0.4, 0.5) is 0 Å². The van der Waals surface area contributed by atoms with Crippen molar-refractivity contribution in [3.05, 3.63) is 54.0 Å². The van der Waals surface area contributed by atoms with Gasteiger partial charge in [0.25, 0.3) is 0 Å². The van der Waals surface area contributed by atoms with Gasteiger partial charge in [0.05, 0.1) is 13.7 Å². The maximum atomic E-state index is 11.3. The zero-order chi connectivity index (χ0) is 23.6. The van der Waals surface area contributed by atoms with Gasteiger partial charge in [0.2, 0.25) is 5.88 Å². The fourth-order valence-electron chi connectivity index (χ4n) is 4.01. The molecule has 3 aromatic rings. The van der Waals surface area contributed by atoms with Gasteiger partial charge in [0, 0.05) is 11.8 Å². The van der Waals surface area contributed by atoms with Crippen molar-refractivity contribution in [2.45, 2.75) is 57.4 Å². The summed E-state index contributed by atoms with van der Waals surface area (Å²) in [7, 11) is 1.49. The Morgan fingerprint density at radius 2 is 1.91 bits per heavy atom. The molecule has 1 saturated heterocycles. The summed E-state index contributed by atoms with van der Waals surface area (Å²) in [5.74, 6) is -0.778. The molecular formula is C23H27N3O7. The third-order valence-corrected chi connectivity index (χ3v) is 5.45. The van der Waals surface area contributed by atoms with E-state index in [1.807, 2.05) is 30.3 Å². The molecule has 0 aliphatic carbocycles. The number of ether oxygens (including phenoxy) is 4. The number of carbonyl (C=O) groups is 1. The van der Waals surface area contributed by atoms with Crippen LogP contribution in [0.5, 0.6) is 5.88 Å². The molecule has 4 atom stereocenters. The standard InChI is InChI=1S/C23H27N3O7/c1-23(2)32-20(16(28)10-27)21(33-23)19(29)15-9-26(13-31-11-14-7-5-4-6-8-14)18-17(15)24-12-25-22(18)30-3/h4-10,12,16,19-21,28-29H,11,13H2,1-3H3/t16?,19?,20-,21+/m1/s1. The van der Waals surface area contributed by atoms with Gasteiger partial charge in [-0.3, -0.25) is 0 Å². The number of hydrogen-bond acceptors (Lipinski definition) is 9. The SMILES string of the molecule is COc1ncnc2c(C(O)[C@@H]3OC(C)(C)O[C@@H]3C(O)C=O)cn(COCc3ccccc3)c12. The molecule has 1 aliphatic heterocycles. The van der Waals surface area contributed by atoms with Gasteiger partial charge in [0.15, 0.2) is 12.1 Å².